The molecule has 6 nitrogen and oxygen atoms in total. The van der Waals surface area contributed by atoms with Crippen molar-refractivity contribution in [1.82, 2.24) is 20.0 Å². The Morgan fingerprint density at radius 1 is 1.52 bits per heavy atom. The Labute approximate surface area is 134 Å². The Hall–Kier alpha value is -2.88. The van der Waals surface area contributed by atoms with Crippen LogP contribution in [0.1, 0.15) is 16.7 Å². The monoisotopic (exact) mass is 314 g/mol. The van der Waals surface area contributed by atoms with Crippen LogP contribution in [0.2, 0.25) is 0 Å². The summed E-state index contributed by atoms with van der Waals surface area (Å²) in [4.78, 5) is 6.13. The van der Waals surface area contributed by atoms with E-state index in [4.69, 9.17) is 5.26 Å². The number of hydrogen-bond donors (Lipinski definition) is 1. The number of aromatic nitrogens is 2. The summed E-state index contributed by atoms with van der Waals surface area (Å²) in [5, 5.41) is 16.0. The predicted molar refractivity (Wildman–Crippen MR) is 86.0 cm³/mol. The zero-order chi connectivity index (χ0) is 16.8. The Morgan fingerprint density at radius 3 is 2.87 bits per heavy atom. The summed E-state index contributed by atoms with van der Waals surface area (Å²) in [6.07, 6.45) is 3.73. The largest absolute Gasteiger partial charge is 0.352 e. The first-order valence-electron chi connectivity index (χ1n) is 7.11. The number of nitriles is 1. The minimum Gasteiger partial charge on any atom is -0.352 e. The molecule has 0 amide bonds. The van der Waals surface area contributed by atoms with E-state index in [9.17, 15) is 4.39 Å². The van der Waals surface area contributed by atoms with E-state index in [1.54, 1.807) is 30.1 Å². The van der Waals surface area contributed by atoms with Crippen molar-refractivity contribution < 1.29 is 4.39 Å². The smallest absolute Gasteiger partial charge is 0.193 e. The molecule has 2 aromatic rings. The van der Waals surface area contributed by atoms with Crippen LogP contribution in [-0.4, -0.2) is 34.7 Å². The normalized spacial score (nSPS) is 11.2. The Kier molecular flexibility index (Phi) is 5.31. The van der Waals surface area contributed by atoms with E-state index in [1.807, 2.05) is 31.3 Å². The number of nitrogens with zero attached hydrogens (tertiary/aromatic N) is 5. The summed E-state index contributed by atoms with van der Waals surface area (Å²) in [5.74, 6) is 0.250. The van der Waals surface area contributed by atoms with E-state index in [2.05, 4.69) is 15.4 Å². The molecular weight excluding hydrogens is 295 g/mol. The van der Waals surface area contributed by atoms with E-state index in [1.165, 1.54) is 6.07 Å². The van der Waals surface area contributed by atoms with Crippen LogP contribution < -0.4 is 5.32 Å². The molecular formula is C16H19FN6. The molecule has 0 aliphatic carbocycles. The van der Waals surface area contributed by atoms with Crippen LogP contribution in [0.25, 0.3) is 0 Å². The van der Waals surface area contributed by atoms with Crippen molar-refractivity contribution in [2.45, 2.75) is 13.1 Å². The number of guanidine groups is 1. The zero-order valence-corrected chi connectivity index (χ0v) is 13.4. The maximum absolute atomic E-state index is 13.9. The maximum Gasteiger partial charge on any atom is 0.193 e. The minimum absolute atomic E-state index is 0.293. The van der Waals surface area contributed by atoms with Gasteiger partial charge in [0.25, 0.3) is 0 Å². The second-order valence-corrected chi connectivity index (χ2v) is 5.20. The molecule has 1 N–H and O–H groups in total. The van der Waals surface area contributed by atoms with Gasteiger partial charge in [-0.1, -0.05) is 6.07 Å². The van der Waals surface area contributed by atoms with Crippen molar-refractivity contribution in [3.8, 4) is 6.07 Å². The van der Waals surface area contributed by atoms with Crippen molar-refractivity contribution >= 4 is 5.96 Å². The number of nitrogens with one attached hydrogen (secondary N) is 1. The highest BCUT2D eigenvalue weighted by Crippen LogP contribution is 2.10. The number of hydrogen-bond acceptors (Lipinski definition) is 3. The number of rotatable bonds is 4. The summed E-state index contributed by atoms with van der Waals surface area (Å²) in [6.45, 7) is 0.935. The number of benzene rings is 1. The van der Waals surface area contributed by atoms with Crippen LogP contribution in [0.3, 0.4) is 0 Å². The van der Waals surface area contributed by atoms with Crippen LogP contribution in [0.4, 0.5) is 4.39 Å². The fraction of sp³-hybridized carbons (Fsp3) is 0.312. The molecule has 0 fully saturated rings. The minimum atomic E-state index is -0.401. The summed E-state index contributed by atoms with van der Waals surface area (Å²) in [7, 11) is 5.44. The molecule has 1 heterocycles. The van der Waals surface area contributed by atoms with Crippen LogP contribution in [0.5, 0.6) is 0 Å². The number of aliphatic imine (C=N–C) groups is 1. The Morgan fingerprint density at radius 2 is 2.30 bits per heavy atom. The van der Waals surface area contributed by atoms with Crippen LogP contribution >= 0.6 is 0 Å². The number of aryl methyl sites for hydroxylation is 1. The Balaban J connectivity index is 1.98. The van der Waals surface area contributed by atoms with Crippen molar-refractivity contribution in [1.29, 1.82) is 5.26 Å². The van der Waals surface area contributed by atoms with Gasteiger partial charge in [0, 0.05) is 51.6 Å². The van der Waals surface area contributed by atoms with Gasteiger partial charge in [-0.15, -0.1) is 0 Å². The average molecular weight is 314 g/mol. The first-order chi connectivity index (χ1) is 11.0. The summed E-state index contributed by atoms with van der Waals surface area (Å²) < 4.78 is 15.6. The Bertz CT molecular complexity index is 743. The topological polar surface area (TPSA) is 69.2 Å². The lowest BCUT2D eigenvalue weighted by Crippen LogP contribution is -2.38. The molecule has 1 aromatic carbocycles. The molecule has 7 heteroatoms. The van der Waals surface area contributed by atoms with E-state index >= 15 is 0 Å². The lowest BCUT2D eigenvalue weighted by Gasteiger charge is -2.21. The van der Waals surface area contributed by atoms with Gasteiger partial charge in [0.1, 0.15) is 5.82 Å². The van der Waals surface area contributed by atoms with Gasteiger partial charge in [-0.3, -0.25) is 9.67 Å². The average Bonchev–Trinajstić information content (AvgIpc) is 2.94. The molecule has 0 atom stereocenters. The molecule has 0 aliphatic heterocycles. The zero-order valence-electron chi connectivity index (χ0n) is 13.4. The standard InChI is InChI=1S/C16H19FN6/c1-19-16(22(2)10-13-8-21-23(3)11-13)20-9-14-5-4-12(7-18)6-15(14)17/h4-6,8,11H,9-10H2,1-3H3,(H,19,20). The molecule has 0 bridgehead atoms. The van der Waals surface area contributed by atoms with Gasteiger partial charge in [0.2, 0.25) is 0 Å². The molecule has 1 aromatic heterocycles. The third-order valence-electron chi connectivity index (χ3n) is 3.37. The van der Waals surface area contributed by atoms with Gasteiger partial charge < -0.3 is 10.2 Å². The van der Waals surface area contributed by atoms with Gasteiger partial charge >= 0.3 is 0 Å². The third-order valence-corrected chi connectivity index (χ3v) is 3.37. The highest BCUT2D eigenvalue weighted by atomic mass is 19.1. The first-order valence-corrected chi connectivity index (χ1v) is 7.11. The first kappa shape index (κ1) is 16.5. The highest BCUT2D eigenvalue weighted by Gasteiger charge is 2.09. The molecule has 0 aliphatic rings. The molecule has 23 heavy (non-hydrogen) atoms. The van der Waals surface area contributed by atoms with E-state index < -0.39 is 5.82 Å². The van der Waals surface area contributed by atoms with Crippen molar-refractivity contribution in [2.75, 3.05) is 14.1 Å². The SMILES string of the molecule is CN=C(NCc1ccc(C#N)cc1F)N(C)Cc1cnn(C)c1. The van der Waals surface area contributed by atoms with Gasteiger partial charge in [-0.25, -0.2) is 4.39 Å². The number of halogens is 1. The third kappa shape index (κ3) is 4.30. The molecule has 0 saturated carbocycles. The van der Waals surface area contributed by atoms with Crippen LogP contribution in [0, 0.1) is 17.1 Å². The molecule has 0 radical (unpaired) electrons. The summed E-state index contributed by atoms with van der Waals surface area (Å²) in [5.41, 5.74) is 1.85. The van der Waals surface area contributed by atoms with Crippen molar-refractivity contribution in [2.24, 2.45) is 12.0 Å². The maximum atomic E-state index is 13.9. The van der Waals surface area contributed by atoms with Crippen molar-refractivity contribution in [3.05, 3.63) is 53.1 Å². The fourth-order valence-electron chi connectivity index (χ4n) is 2.22. The van der Waals surface area contributed by atoms with Crippen LogP contribution in [0.15, 0.2) is 35.6 Å². The highest BCUT2D eigenvalue weighted by molar-refractivity contribution is 5.79. The summed E-state index contributed by atoms with van der Waals surface area (Å²) in [6, 6.07) is 6.36. The van der Waals surface area contributed by atoms with Gasteiger partial charge in [-0.05, 0) is 12.1 Å². The predicted octanol–water partition coefficient (Wildman–Crippen LogP) is 1.64. The quantitative estimate of drug-likeness (QED) is 0.688. The van der Waals surface area contributed by atoms with Gasteiger partial charge in [-0.2, -0.15) is 10.4 Å². The molecule has 0 saturated heterocycles. The lowest BCUT2D eigenvalue weighted by atomic mass is 10.1. The summed E-state index contributed by atoms with van der Waals surface area (Å²) >= 11 is 0. The van der Waals surface area contributed by atoms with E-state index in [0.29, 0.717) is 30.2 Å². The molecule has 0 unspecified atom stereocenters. The fourth-order valence-corrected chi connectivity index (χ4v) is 2.22. The second kappa shape index (κ2) is 7.40. The van der Waals surface area contributed by atoms with Gasteiger partial charge in [0.05, 0.1) is 17.8 Å². The molecule has 2 rings (SSSR count). The van der Waals surface area contributed by atoms with Crippen molar-refractivity contribution in [3.63, 3.8) is 0 Å². The van der Waals surface area contributed by atoms with Gasteiger partial charge in [0.15, 0.2) is 5.96 Å². The molecule has 0 spiro atoms. The van der Waals surface area contributed by atoms with E-state index in [-0.39, 0.29) is 0 Å². The second-order valence-electron chi connectivity index (χ2n) is 5.20. The lowest BCUT2D eigenvalue weighted by molar-refractivity contribution is 0.475. The van der Waals surface area contributed by atoms with E-state index in [0.717, 1.165) is 5.56 Å². The molecule has 120 valence electrons. The van der Waals surface area contributed by atoms with Crippen LogP contribution in [-0.2, 0) is 20.1 Å².